The van der Waals surface area contributed by atoms with Crippen molar-refractivity contribution in [2.75, 3.05) is 7.11 Å². The van der Waals surface area contributed by atoms with Crippen molar-refractivity contribution >= 4 is 34.7 Å². The average Bonchev–Trinajstić information content (AvgIpc) is 3.19. The third kappa shape index (κ3) is 5.74. The monoisotopic (exact) mass is 488 g/mol. The molecule has 0 N–H and O–H groups in total. The van der Waals surface area contributed by atoms with Crippen molar-refractivity contribution in [3.8, 4) is 0 Å². The molecule has 0 bridgehead atoms. The third-order valence-corrected chi connectivity index (χ3v) is 6.39. The number of rotatable bonds is 7. The first-order valence-electron chi connectivity index (χ1n) is 11.3. The number of ether oxygens (including phenoxy) is 2. The summed E-state index contributed by atoms with van der Waals surface area (Å²) in [5.41, 5.74) is 4.05. The van der Waals surface area contributed by atoms with E-state index in [1.54, 1.807) is 12.1 Å². The third-order valence-electron chi connectivity index (χ3n) is 5.36. The number of aromatic nitrogens is 2. The Kier molecular flexibility index (Phi) is 7.26. The highest BCUT2D eigenvalue weighted by molar-refractivity contribution is 7.98. The maximum absolute atomic E-state index is 12.9. The van der Waals surface area contributed by atoms with Crippen LogP contribution in [0.25, 0.3) is 11.0 Å². The molecule has 0 saturated heterocycles. The molecule has 0 amide bonds. The van der Waals surface area contributed by atoms with Gasteiger partial charge in [0.2, 0.25) is 0 Å². The molecule has 4 aromatic rings. The van der Waals surface area contributed by atoms with E-state index in [0.717, 1.165) is 27.3 Å². The van der Waals surface area contributed by atoms with Crippen LogP contribution in [0, 0.1) is 0 Å². The van der Waals surface area contributed by atoms with Crippen LogP contribution in [-0.2, 0) is 21.8 Å². The first-order valence-corrected chi connectivity index (χ1v) is 12.3. The second-order valence-electron chi connectivity index (χ2n) is 9.07. The molecule has 3 aromatic carbocycles. The van der Waals surface area contributed by atoms with Gasteiger partial charge < -0.3 is 14.0 Å². The quantitative estimate of drug-likeness (QED) is 0.231. The number of carbonyl (C=O) groups excluding carboxylic acids is 2. The van der Waals surface area contributed by atoms with E-state index >= 15 is 0 Å². The molecule has 0 radical (unpaired) electrons. The van der Waals surface area contributed by atoms with Gasteiger partial charge in [-0.25, -0.2) is 14.6 Å². The fraction of sp³-hybridized carbons (Fsp3) is 0.250. The van der Waals surface area contributed by atoms with Gasteiger partial charge in [-0.1, -0.05) is 60.3 Å². The van der Waals surface area contributed by atoms with Crippen molar-refractivity contribution in [2.45, 2.75) is 43.8 Å². The van der Waals surface area contributed by atoms with Crippen LogP contribution in [0.5, 0.6) is 0 Å². The molecule has 7 heteroatoms. The summed E-state index contributed by atoms with van der Waals surface area (Å²) >= 11 is 1.54. The number of carbonyl (C=O) groups is 2. The number of hydrogen-bond acceptors (Lipinski definition) is 6. The van der Waals surface area contributed by atoms with Gasteiger partial charge in [0.15, 0.2) is 5.16 Å². The molecule has 0 aliphatic rings. The number of thioether (sulfide) groups is 1. The summed E-state index contributed by atoms with van der Waals surface area (Å²) in [6.07, 6.45) is 0. The lowest BCUT2D eigenvalue weighted by Gasteiger charge is -2.21. The molecule has 35 heavy (non-hydrogen) atoms. The summed E-state index contributed by atoms with van der Waals surface area (Å²) < 4.78 is 12.7. The average molecular weight is 489 g/mol. The number of methoxy groups -OCH3 is 1. The van der Waals surface area contributed by atoms with Gasteiger partial charge in [0, 0.05) is 5.75 Å². The first kappa shape index (κ1) is 24.5. The molecule has 180 valence electrons. The second kappa shape index (κ2) is 10.4. The van der Waals surface area contributed by atoms with Gasteiger partial charge in [0.1, 0.15) is 5.60 Å². The van der Waals surface area contributed by atoms with E-state index in [0.29, 0.717) is 23.4 Å². The van der Waals surface area contributed by atoms with E-state index in [2.05, 4.69) is 4.57 Å². The molecule has 6 nitrogen and oxygen atoms in total. The van der Waals surface area contributed by atoms with E-state index < -0.39 is 5.60 Å². The molecule has 0 atom stereocenters. The van der Waals surface area contributed by atoms with Crippen LogP contribution in [0.4, 0.5) is 0 Å². The highest BCUT2D eigenvalue weighted by Crippen LogP contribution is 2.29. The number of imidazole rings is 1. The lowest BCUT2D eigenvalue weighted by atomic mass is 10.1. The molecule has 1 aromatic heterocycles. The maximum atomic E-state index is 12.9. The summed E-state index contributed by atoms with van der Waals surface area (Å²) in [4.78, 5) is 29.9. The van der Waals surface area contributed by atoms with E-state index in [1.807, 2.05) is 81.4 Å². The Hall–Kier alpha value is -3.58. The molecule has 0 aliphatic carbocycles. The lowest BCUT2D eigenvalue weighted by molar-refractivity contribution is 0.00680. The van der Waals surface area contributed by atoms with Crippen LogP contribution >= 0.6 is 11.8 Å². The molecule has 0 aliphatic heterocycles. The summed E-state index contributed by atoms with van der Waals surface area (Å²) in [6.45, 7) is 6.03. The topological polar surface area (TPSA) is 70.4 Å². The summed E-state index contributed by atoms with van der Waals surface area (Å²) in [7, 11) is 1.38. The highest BCUT2D eigenvalue weighted by atomic mass is 32.2. The molecule has 4 rings (SSSR count). The Bertz CT molecular complexity index is 1370. The standard InChI is InChI=1S/C28H28N2O4S/c1-28(2,3)34-26(32)21-13-7-5-11-19(21)17-30-24-16-10-9-15-23(24)29-27(30)35-18-20-12-6-8-14-22(20)25(31)33-4/h5-16H,17-18H2,1-4H3. The first-order chi connectivity index (χ1) is 16.8. The molecule has 0 saturated carbocycles. The van der Waals surface area contributed by atoms with Crippen molar-refractivity contribution in [3.63, 3.8) is 0 Å². The maximum Gasteiger partial charge on any atom is 0.338 e. The van der Waals surface area contributed by atoms with Gasteiger partial charge in [-0.3, -0.25) is 0 Å². The lowest BCUT2D eigenvalue weighted by Crippen LogP contribution is -2.24. The van der Waals surface area contributed by atoms with Crippen molar-refractivity contribution in [3.05, 3.63) is 95.1 Å². The molecule has 0 unspecified atom stereocenters. The van der Waals surface area contributed by atoms with Gasteiger partial charge in [0.25, 0.3) is 0 Å². The number of nitrogens with zero attached hydrogens (tertiary/aromatic N) is 2. The normalized spacial score (nSPS) is 11.4. The summed E-state index contributed by atoms with van der Waals surface area (Å²) in [6, 6.07) is 22.8. The number of hydrogen-bond donors (Lipinski definition) is 0. The largest absolute Gasteiger partial charge is 0.465 e. The Labute approximate surface area is 209 Å². The number of para-hydroxylation sites is 2. The van der Waals surface area contributed by atoms with Gasteiger partial charge in [-0.15, -0.1) is 0 Å². The van der Waals surface area contributed by atoms with E-state index in [9.17, 15) is 9.59 Å². The minimum Gasteiger partial charge on any atom is -0.465 e. The van der Waals surface area contributed by atoms with Crippen LogP contribution < -0.4 is 0 Å². The molecule has 0 fully saturated rings. The smallest absolute Gasteiger partial charge is 0.338 e. The van der Waals surface area contributed by atoms with Gasteiger partial charge in [0.05, 0.1) is 35.8 Å². The van der Waals surface area contributed by atoms with Crippen LogP contribution in [-0.4, -0.2) is 34.2 Å². The van der Waals surface area contributed by atoms with Gasteiger partial charge in [-0.2, -0.15) is 0 Å². The highest BCUT2D eigenvalue weighted by Gasteiger charge is 2.21. The zero-order valence-corrected chi connectivity index (χ0v) is 21.1. The fourth-order valence-corrected chi connectivity index (χ4v) is 4.79. The molecule has 1 heterocycles. The zero-order valence-electron chi connectivity index (χ0n) is 20.3. The minimum absolute atomic E-state index is 0.348. The molecular weight excluding hydrogens is 460 g/mol. The van der Waals surface area contributed by atoms with E-state index in [-0.39, 0.29) is 11.9 Å². The zero-order chi connectivity index (χ0) is 25.0. The number of fused-ring (bicyclic) bond motifs is 1. The Morgan fingerprint density at radius 1 is 0.857 bits per heavy atom. The number of benzene rings is 3. The van der Waals surface area contributed by atoms with Crippen LogP contribution in [0.1, 0.15) is 52.6 Å². The predicted octanol–water partition coefficient (Wildman–Crippen LogP) is 6.12. The minimum atomic E-state index is -0.583. The summed E-state index contributed by atoms with van der Waals surface area (Å²) in [5, 5.41) is 0.796. The summed E-state index contributed by atoms with van der Waals surface area (Å²) in [5.74, 6) is -0.165. The van der Waals surface area contributed by atoms with E-state index in [4.69, 9.17) is 14.5 Å². The molecular formula is C28H28N2O4S. The van der Waals surface area contributed by atoms with Gasteiger partial charge >= 0.3 is 11.9 Å². The van der Waals surface area contributed by atoms with Crippen LogP contribution in [0.3, 0.4) is 0 Å². The Morgan fingerprint density at radius 2 is 1.46 bits per heavy atom. The van der Waals surface area contributed by atoms with Crippen LogP contribution in [0.15, 0.2) is 78.0 Å². The van der Waals surface area contributed by atoms with Crippen molar-refractivity contribution < 1.29 is 19.1 Å². The fourth-order valence-electron chi connectivity index (χ4n) is 3.77. The second-order valence-corrected chi connectivity index (χ2v) is 10.0. The van der Waals surface area contributed by atoms with Crippen molar-refractivity contribution in [1.82, 2.24) is 9.55 Å². The SMILES string of the molecule is COC(=O)c1ccccc1CSc1nc2ccccc2n1Cc1ccccc1C(=O)OC(C)(C)C. The number of esters is 2. The van der Waals surface area contributed by atoms with Gasteiger partial charge in [-0.05, 0) is 56.2 Å². The van der Waals surface area contributed by atoms with Crippen molar-refractivity contribution in [1.29, 1.82) is 0 Å². The molecule has 0 spiro atoms. The van der Waals surface area contributed by atoms with Crippen molar-refractivity contribution in [2.24, 2.45) is 0 Å². The van der Waals surface area contributed by atoms with E-state index in [1.165, 1.54) is 18.9 Å². The Balaban J connectivity index is 1.68. The van der Waals surface area contributed by atoms with Crippen LogP contribution in [0.2, 0.25) is 0 Å². The predicted molar refractivity (Wildman–Crippen MR) is 138 cm³/mol. The Morgan fingerprint density at radius 3 is 2.14 bits per heavy atom.